The van der Waals surface area contributed by atoms with Crippen molar-refractivity contribution in [1.82, 2.24) is 4.90 Å². The van der Waals surface area contributed by atoms with Gasteiger partial charge in [-0.3, -0.25) is 4.90 Å². The molecule has 0 amide bonds. The van der Waals surface area contributed by atoms with Gasteiger partial charge in [0.05, 0.1) is 19.3 Å². The molecule has 5 heteroatoms. The smallest absolute Gasteiger partial charge is 0.119 e. The van der Waals surface area contributed by atoms with E-state index in [1.165, 1.54) is 5.56 Å². The van der Waals surface area contributed by atoms with Gasteiger partial charge in [-0.25, -0.2) is 0 Å². The van der Waals surface area contributed by atoms with E-state index in [1.54, 1.807) is 0 Å². The number of ether oxygens (including phenoxy) is 1. The molecule has 0 saturated carbocycles. The van der Waals surface area contributed by atoms with E-state index in [4.69, 9.17) is 7.80 Å². The fourth-order valence-corrected chi connectivity index (χ4v) is 3.39. The van der Waals surface area contributed by atoms with Crippen molar-refractivity contribution in [3.63, 3.8) is 0 Å². The minimum Gasteiger partial charge on any atom is -0.494 e. The molecule has 0 aromatic heterocycles. The quantitative estimate of drug-likeness (QED) is 0.478. The van der Waals surface area contributed by atoms with Crippen LogP contribution in [0.4, 0.5) is 0 Å². The van der Waals surface area contributed by atoms with Crippen molar-refractivity contribution in [2.75, 3.05) is 26.3 Å². The largest absolute Gasteiger partial charge is 0.494 e. The normalized spacial score (nSPS) is 22.2. The predicted molar refractivity (Wildman–Crippen MR) is 101 cm³/mol. The monoisotopic (exact) mass is 433 g/mol. The molecule has 2 atom stereocenters. The Morgan fingerprint density at radius 2 is 2.04 bits per heavy atom. The maximum absolute atomic E-state index is 9.90. The van der Waals surface area contributed by atoms with E-state index in [0.29, 0.717) is 6.04 Å². The summed E-state index contributed by atoms with van der Waals surface area (Å²) in [6.45, 7) is 5.40. The second-order valence-corrected chi connectivity index (χ2v) is 6.87. The number of unbranched alkanes of at least 4 members (excludes halogenated alkanes) is 1. The molecule has 1 aliphatic heterocycles. The van der Waals surface area contributed by atoms with Crippen molar-refractivity contribution in [2.45, 2.75) is 51.2 Å². The Balaban J connectivity index is 1.81. The first-order valence-electron chi connectivity index (χ1n) is 8.60. The van der Waals surface area contributed by atoms with Crippen molar-refractivity contribution < 1.29 is 12.9 Å². The third kappa shape index (κ3) is 6.57. The van der Waals surface area contributed by atoms with Gasteiger partial charge in [-0.1, -0.05) is 25.5 Å². The van der Waals surface area contributed by atoms with Gasteiger partial charge in [-0.15, -0.1) is 0 Å². The molecule has 0 radical (unpaired) electrons. The first kappa shape index (κ1) is 19.0. The summed E-state index contributed by atoms with van der Waals surface area (Å²) in [5, 5.41) is 9.90. The van der Waals surface area contributed by atoms with Crippen LogP contribution in [0.25, 0.3) is 0 Å². The molecule has 1 aliphatic rings. The molecule has 4 nitrogen and oxygen atoms in total. The number of likely N-dealkylation sites (tertiary alicyclic amines) is 1. The predicted octanol–water partition coefficient (Wildman–Crippen LogP) is 3.60. The van der Waals surface area contributed by atoms with E-state index in [9.17, 15) is 5.11 Å². The molecule has 1 aromatic carbocycles. The number of hydrogen-bond donors (Lipinski definition) is 1. The molecule has 0 unspecified atom stereocenters. The summed E-state index contributed by atoms with van der Waals surface area (Å²) in [5.41, 5.74) is 1.31. The number of rotatable bonds is 9. The molecular formula is C18H28INO3. The van der Waals surface area contributed by atoms with Gasteiger partial charge in [0.1, 0.15) is 28.8 Å². The topological polar surface area (TPSA) is 41.9 Å². The third-order valence-electron chi connectivity index (χ3n) is 4.43. The van der Waals surface area contributed by atoms with Gasteiger partial charge in [0.2, 0.25) is 0 Å². The molecular weight excluding hydrogens is 405 g/mol. The Morgan fingerprint density at radius 3 is 2.74 bits per heavy atom. The maximum Gasteiger partial charge on any atom is 0.119 e. The lowest BCUT2D eigenvalue weighted by Gasteiger charge is -2.37. The summed E-state index contributed by atoms with van der Waals surface area (Å²) in [6, 6.07) is 8.83. The Labute approximate surface area is 153 Å². The molecule has 0 aliphatic carbocycles. The van der Waals surface area contributed by atoms with Crippen molar-refractivity contribution >= 4 is 23.0 Å². The molecule has 130 valence electrons. The van der Waals surface area contributed by atoms with E-state index in [2.05, 4.69) is 36.1 Å². The van der Waals surface area contributed by atoms with Gasteiger partial charge in [0.25, 0.3) is 0 Å². The molecule has 0 spiro atoms. The molecule has 1 N–H and O–H groups in total. The average molecular weight is 433 g/mol. The Kier molecular flexibility index (Phi) is 8.64. The SMILES string of the molecule is CCCCOc1ccc(CCN2C[C@H](O)CC[C@@H]2COI)cc1. The minimum absolute atomic E-state index is 0.199. The maximum atomic E-state index is 9.90. The number of nitrogens with zero attached hydrogens (tertiary/aromatic N) is 1. The summed E-state index contributed by atoms with van der Waals surface area (Å²) in [6.07, 6.45) is 4.93. The highest BCUT2D eigenvalue weighted by Gasteiger charge is 2.26. The minimum atomic E-state index is -0.199. The Bertz CT molecular complexity index is 440. The van der Waals surface area contributed by atoms with Crippen LogP contribution < -0.4 is 4.74 Å². The number of hydrogen-bond acceptors (Lipinski definition) is 4. The standard InChI is InChI=1S/C18H28INO3/c1-2-3-12-22-18-8-4-15(5-9-18)10-11-20-13-17(21)7-6-16(20)14-23-19/h4-5,8-9,16-17,21H,2-3,6-7,10-14H2,1H3/t16-,17-/m1/s1. The van der Waals surface area contributed by atoms with E-state index in [0.717, 1.165) is 64.2 Å². The fraction of sp³-hybridized carbons (Fsp3) is 0.667. The van der Waals surface area contributed by atoms with Crippen LogP contribution in [0, 0.1) is 0 Å². The second kappa shape index (κ2) is 10.5. The lowest BCUT2D eigenvalue weighted by Crippen LogP contribution is -2.48. The van der Waals surface area contributed by atoms with E-state index < -0.39 is 0 Å². The number of aliphatic hydroxyl groups is 1. The first-order chi connectivity index (χ1) is 11.2. The summed E-state index contributed by atoms with van der Waals surface area (Å²) >= 11 is 1.96. The molecule has 23 heavy (non-hydrogen) atoms. The highest BCUT2D eigenvalue weighted by molar-refractivity contribution is 14.1. The molecule has 1 aromatic rings. The van der Waals surface area contributed by atoms with E-state index in [1.807, 2.05) is 23.0 Å². The molecule has 1 heterocycles. The fourth-order valence-electron chi connectivity index (χ4n) is 2.97. The van der Waals surface area contributed by atoms with Crippen LogP contribution in [0.2, 0.25) is 0 Å². The van der Waals surface area contributed by atoms with Gasteiger partial charge < -0.3 is 12.9 Å². The van der Waals surface area contributed by atoms with Gasteiger partial charge >= 0.3 is 0 Å². The summed E-state index contributed by atoms with van der Waals surface area (Å²) in [4.78, 5) is 2.36. The van der Waals surface area contributed by atoms with Crippen LogP contribution in [0.15, 0.2) is 24.3 Å². The first-order valence-corrected chi connectivity index (χ1v) is 9.48. The van der Waals surface area contributed by atoms with Crippen LogP contribution >= 0.6 is 23.0 Å². The number of piperidine rings is 1. The lowest BCUT2D eigenvalue weighted by molar-refractivity contribution is 0.0244. The molecule has 1 fully saturated rings. The van der Waals surface area contributed by atoms with Gasteiger partial charge in [0.15, 0.2) is 0 Å². The van der Waals surface area contributed by atoms with Gasteiger partial charge in [-0.2, -0.15) is 0 Å². The second-order valence-electron chi connectivity index (χ2n) is 6.25. The highest BCUT2D eigenvalue weighted by Crippen LogP contribution is 2.20. The highest BCUT2D eigenvalue weighted by atomic mass is 127. The van der Waals surface area contributed by atoms with E-state index >= 15 is 0 Å². The van der Waals surface area contributed by atoms with Crippen molar-refractivity contribution in [1.29, 1.82) is 0 Å². The molecule has 1 saturated heterocycles. The number of benzene rings is 1. The Morgan fingerprint density at radius 1 is 1.26 bits per heavy atom. The summed E-state index contributed by atoms with van der Waals surface area (Å²) in [7, 11) is 0. The molecule has 2 rings (SSSR count). The number of aliphatic hydroxyl groups excluding tert-OH is 1. The lowest BCUT2D eigenvalue weighted by atomic mass is 10.00. The summed E-state index contributed by atoms with van der Waals surface area (Å²) in [5.74, 6) is 0.951. The van der Waals surface area contributed by atoms with Crippen LogP contribution in [0.3, 0.4) is 0 Å². The average Bonchev–Trinajstić information content (AvgIpc) is 2.56. The van der Waals surface area contributed by atoms with Crippen molar-refractivity contribution in [2.24, 2.45) is 0 Å². The third-order valence-corrected chi connectivity index (χ3v) is 4.79. The van der Waals surface area contributed by atoms with E-state index in [-0.39, 0.29) is 6.10 Å². The van der Waals surface area contributed by atoms with Crippen molar-refractivity contribution in [3.05, 3.63) is 29.8 Å². The zero-order chi connectivity index (χ0) is 16.5. The number of halogens is 1. The summed E-state index contributed by atoms with van der Waals surface area (Å²) < 4.78 is 11.0. The van der Waals surface area contributed by atoms with Crippen molar-refractivity contribution in [3.8, 4) is 5.75 Å². The zero-order valence-corrected chi connectivity index (χ0v) is 16.1. The number of β-amino-alcohol motifs (C(OH)–C–C–N with tert-alkyl or cyclic N) is 1. The van der Waals surface area contributed by atoms with Crippen LogP contribution in [0.5, 0.6) is 5.75 Å². The molecule has 0 bridgehead atoms. The van der Waals surface area contributed by atoms with Gasteiger partial charge in [0, 0.05) is 19.1 Å². The van der Waals surface area contributed by atoms with Crippen LogP contribution in [0.1, 0.15) is 38.2 Å². The Hall–Kier alpha value is -0.370. The van der Waals surface area contributed by atoms with Crippen LogP contribution in [-0.4, -0.2) is 48.5 Å². The van der Waals surface area contributed by atoms with Gasteiger partial charge in [-0.05, 0) is 43.4 Å². The van der Waals surface area contributed by atoms with Crippen LogP contribution in [-0.2, 0) is 9.49 Å². The zero-order valence-electron chi connectivity index (χ0n) is 13.9.